The molecule has 1 aromatic heterocycles. The minimum absolute atomic E-state index is 0.149. The van der Waals surface area contributed by atoms with E-state index < -0.39 is 11.7 Å². The zero-order valence-electron chi connectivity index (χ0n) is 14.9. The maximum absolute atomic E-state index is 12.6. The molecule has 4 rings (SSSR count). The molecule has 146 valence electrons. The smallest absolute Gasteiger partial charge is 0.348 e. The van der Waals surface area contributed by atoms with Gasteiger partial charge in [-0.3, -0.25) is 4.79 Å². The Hall–Kier alpha value is -2.61. The van der Waals surface area contributed by atoms with Crippen LogP contribution in [0.2, 0.25) is 0 Å². The summed E-state index contributed by atoms with van der Waals surface area (Å²) in [6.07, 6.45) is -3.01. The van der Waals surface area contributed by atoms with Gasteiger partial charge < -0.3 is 10.2 Å². The average Bonchev–Trinajstić information content (AvgIpc) is 3.12. The summed E-state index contributed by atoms with van der Waals surface area (Å²) in [5, 5.41) is 3.69. The number of thiazole rings is 1. The zero-order chi connectivity index (χ0) is 19.7. The maximum Gasteiger partial charge on any atom is 0.416 e. The minimum Gasteiger partial charge on any atom is -0.348 e. The highest BCUT2D eigenvalue weighted by molar-refractivity contribution is 7.22. The monoisotopic (exact) mass is 405 g/mol. The zero-order valence-corrected chi connectivity index (χ0v) is 15.7. The number of halogens is 3. The van der Waals surface area contributed by atoms with Crippen LogP contribution in [-0.4, -0.2) is 24.0 Å². The number of anilines is 2. The number of fused-ring (bicyclic) bond motifs is 1. The van der Waals surface area contributed by atoms with Gasteiger partial charge in [-0.15, -0.1) is 0 Å². The number of benzene rings is 2. The van der Waals surface area contributed by atoms with Crippen LogP contribution in [0.15, 0.2) is 48.5 Å². The Morgan fingerprint density at radius 3 is 2.39 bits per heavy atom. The fourth-order valence-electron chi connectivity index (χ4n) is 3.32. The predicted octanol–water partition coefficient (Wildman–Crippen LogP) is 5.17. The third-order valence-electron chi connectivity index (χ3n) is 4.90. The van der Waals surface area contributed by atoms with Crippen LogP contribution in [0, 0.1) is 5.92 Å². The molecule has 0 radical (unpaired) electrons. The van der Waals surface area contributed by atoms with E-state index >= 15 is 0 Å². The third-order valence-corrected chi connectivity index (χ3v) is 6.00. The molecule has 4 nitrogen and oxygen atoms in total. The normalized spacial score (nSPS) is 15.8. The number of amides is 1. The topological polar surface area (TPSA) is 45.2 Å². The molecule has 1 fully saturated rings. The standard InChI is InChI=1S/C20H18F3N3OS/c21-20(22,23)14-5-7-15(8-6-14)24-18(27)13-9-11-26(12-10-13)19-25-16-3-1-2-4-17(16)28-19/h1-8,13H,9-12H2,(H,24,27). The number of nitrogens with zero attached hydrogens (tertiary/aromatic N) is 2. The average molecular weight is 405 g/mol. The Morgan fingerprint density at radius 1 is 1.07 bits per heavy atom. The van der Waals surface area contributed by atoms with Gasteiger partial charge in [0.05, 0.1) is 15.8 Å². The first-order valence-corrected chi connectivity index (χ1v) is 9.80. The van der Waals surface area contributed by atoms with Crippen LogP contribution in [-0.2, 0) is 11.0 Å². The van der Waals surface area contributed by atoms with Crippen molar-refractivity contribution in [2.45, 2.75) is 19.0 Å². The van der Waals surface area contributed by atoms with Gasteiger partial charge in [0.25, 0.3) is 0 Å². The highest BCUT2D eigenvalue weighted by atomic mass is 32.1. The fourth-order valence-corrected chi connectivity index (χ4v) is 4.33. The molecule has 1 N–H and O–H groups in total. The van der Waals surface area contributed by atoms with E-state index in [9.17, 15) is 18.0 Å². The van der Waals surface area contributed by atoms with Crippen molar-refractivity contribution in [1.29, 1.82) is 0 Å². The molecule has 0 aliphatic carbocycles. The Bertz CT molecular complexity index is 943. The van der Waals surface area contributed by atoms with Gasteiger partial charge in [0.2, 0.25) is 5.91 Å². The van der Waals surface area contributed by atoms with E-state index in [1.54, 1.807) is 11.3 Å². The van der Waals surface area contributed by atoms with Crippen molar-refractivity contribution in [2.24, 2.45) is 5.92 Å². The van der Waals surface area contributed by atoms with Gasteiger partial charge in [-0.25, -0.2) is 4.98 Å². The maximum atomic E-state index is 12.6. The second-order valence-corrected chi connectivity index (χ2v) is 7.80. The third kappa shape index (κ3) is 3.96. The van der Waals surface area contributed by atoms with Crippen LogP contribution >= 0.6 is 11.3 Å². The lowest BCUT2D eigenvalue weighted by Gasteiger charge is -2.31. The van der Waals surface area contributed by atoms with E-state index in [0.717, 1.165) is 40.6 Å². The lowest BCUT2D eigenvalue weighted by molar-refractivity contribution is -0.137. The molecule has 1 aliphatic rings. The molecular weight excluding hydrogens is 387 g/mol. The minimum atomic E-state index is -4.38. The summed E-state index contributed by atoms with van der Waals surface area (Å²) in [5.74, 6) is -0.309. The van der Waals surface area contributed by atoms with E-state index in [-0.39, 0.29) is 11.8 Å². The Labute approximate surface area is 164 Å². The molecule has 0 bridgehead atoms. The highest BCUT2D eigenvalue weighted by Crippen LogP contribution is 2.32. The number of alkyl halides is 3. The van der Waals surface area contributed by atoms with Crippen molar-refractivity contribution in [3.8, 4) is 0 Å². The first-order valence-electron chi connectivity index (χ1n) is 8.99. The molecule has 1 amide bonds. The van der Waals surface area contributed by atoms with Crippen LogP contribution in [0.5, 0.6) is 0 Å². The Balaban J connectivity index is 1.35. The number of aromatic nitrogens is 1. The molecule has 3 aromatic rings. The number of para-hydroxylation sites is 1. The number of carbonyl (C=O) groups is 1. The summed E-state index contributed by atoms with van der Waals surface area (Å²) >= 11 is 1.64. The predicted molar refractivity (Wildman–Crippen MR) is 105 cm³/mol. The molecule has 1 saturated heterocycles. The molecule has 0 spiro atoms. The summed E-state index contributed by atoms with van der Waals surface area (Å²) in [4.78, 5) is 19.3. The first-order chi connectivity index (χ1) is 13.4. The number of hydrogen-bond donors (Lipinski definition) is 1. The molecule has 2 aromatic carbocycles. The van der Waals surface area contributed by atoms with Crippen molar-refractivity contribution < 1.29 is 18.0 Å². The van der Waals surface area contributed by atoms with Gasteiger partial charge in [0.1, 0.15) is 0 Å². The second-order valence-electron chi connectivity index (χ2n) is 6.79. The van der Waals surface area contributed by atoms with E-state index in [4.69, 9.17) is 0 Å². The highest BCUT2D eigenvalue weighted by Gasteiger charge is 2.30. The summed E-state index contributed by atoms with van der Waals surface area (Å²) in [7, 11) is 0. The van der Waals surface area contributed by atoms with E-state index in [1.807, 2.05) is 24.3 Å². The molecule has 0 saturated carbocycles. The van der Waals surface area contributed by atoms with Gasteiger partial charge in [-0.1, -0.05) is 23.5 Å². The lowest BCUT2D eigenvalue weighted by atomic mass is 9.96. The Kier molecular flexibility index (Phi) is 4.97. The Morgan fingerprint density at radius 2 is 1.75 bits per heavy atom. The van der Waals surface area contributed by atoms with E-state index in [0.29, 0.717) is 18.5 Å². The number of carbonyl (C=O) groups excluding carboxylic acids is 1. The molecule has 8 heteroatoms. The number of hydrogen-bond acceptors (Lipinski definition) is 4. The van der Waals surface area contributed by atoms with Crippen LogP contribution in [0.25, 0.3) is 10.2 Å². The molecule has 0 unspecified atom stereocenters. The van der Waals surface area contributed by atoms with Gasteiger partial charge in [-0.2, -0.15) is 13.2 Å². The van der Waals surface area contributed by atoms with Crippen LogP contribution in [0.1, 0.15) is 18.4 Å². The first kappa shape index (κ1) is 18.7. The summed E-state index contributed by atoms with van der Waals surface area (Å²) in [6, 6.07) is 12.5. The van der Waals surface area contributed by atoms with Crippen molar-refractivity contribution in [3.63, 3.8) is 0 Å². The van der Waals surface area contributed by atoms with Crippen molar-refractivity contribution in [1.82, 2.24) is 4.98 Å². The number of piperidine rings is 1. The molecule has 2 heterocycles. The summed E-state index contributed by atoms with van der Waals surface area (Å²) in [6.45, 7) is 1.45. The van der Waals surface area contributed by atoms with Crippen LogP contribution in [0.3, 0.4) is 0 Å². The van der Waals surface area contributed by atoms with Crippen molar-refractivity contribution in [2.75, 3.05) is 23.3 Å². The van der Waals surface area contributed by atoms with Gasteiger partial charge in [0.15, 0.2) is 5.13 Å². The SMILES string of the molecule is O=C(Nc1ccc(C(F)(F)F)cc1)C1CCN(c2nc3ccccc3s2)CC1. The molecule has 1 aliphatic heterocycles. The molecule has 0 atom stereocenters. The van der Waals surface area contributed by atoms with E-state index in [2.05, 4.69) is 15.2 Å². The van der Waals surface area contributed by atoms with Crippen LogP contribution in [0.4, 0.5) is 24.0 Å². The lowest BCUT2D eigenvalue weighted by Crippen LogP contribution is -2.38. The van der Waals surface area contributed by atoms with Crippen molar-refractivity contribution >= 4 is 38.3 Å². The van der Waals surface area contributed by atoms with Gasteiger partial charge >= 0.3 is 6.18 Å². The fraction of sp³-hybridized carbons (Fsp3) is 0.300. The summed E-state index contributed by atoms with van der Waals surface area (Å²) < 4.78 is 39.0. The van der Waals surface area contributed by atoms with Gasteiger partial charge in [-0.05, 0) is 49.2 Å². The quantitative estimate of drug-likeness (QED) is 0.654. The largest absolute Gasteiger partial charge is 0.416 e. The van der Waals surface area contributed by atoms with Gasteiger partial charge in [0, 0.05) is 24.7 Å². The summed E-state index contributed by atoms with van der Waals surface area (Å²) in [5.41, 5.74) is 0.630. The van der Waals surface area contributed by atoms with Crippen LogP contribution < -0.4 is 10.2 Å². The molecular formula is C20H18F3N3OS. The number of rotatable bonds is 3. The second kappa shape index (κ2) is 7.43. The molecule has 28 heavy (non-hydrogen) atoms. The van der Waals surface area contributed by atoms with Crippen molar-refractivity contribution in [3.05, 3.63) is 54.1 Å². The van der Waals surface area contributed by atoms with E-state index in [1.165, 1.54) is 12.1 Å². The number of nitrogens with one attached hydrogen (secondary N) is 1.